The molecule has 4 N–H and O–H groups in total. The van der Waals surface area contributed by atoms with Crippen LogP contribution in [0, 0.1) is 0 Å². The molecule has 1 saturated heterocycles. The van der Waals surface area contributed by atoms with Gasteiger partial charge in [0.2, 0.25) is 0 Å². The molecule has 0 saturated carbocycles. The molecule has 66 valence electrons. The van der Waals surface area contributed by atoms with Crippen LogP contribution in [0.3, 0.4) is 0 Å². The molecule has 5 heteroatoms. The summed E-state index contributed by atoms with van der Waals surface area (Å²) in [5.74, 6) is 4.96. The largest absolute Gasteiger partial charge is 0.385 e. The number of hydrogen-bond donors (Lipinski definition) is 3. The fourth-order valence-electron chi connectivity index (χ4n) is 1.05. The highest BCUT2D eigenvalue weighted by molar-refractivity contribution is 4.88. The second-order valence-electron chi connectivity index (χ2n) is 2.89. The maximum Gasteiger partial charge on any atom is 0.183 e. The van der Waals surface area contributed by atoms with Crippen molar-refractivity contribution in [3.63, 3.8) is 0 Å². The molecule has 0 spiro atoms. The number of ether oxygens (including phenoxy) is 1. The Morgan fingerprint density at radius 2 is 2.27 bits per heavy atom. The molecule has 0 amide bonds. The minimum Gasteiger partial charge on any atom is -0.385 e. The Kier molecular flexibility index (Phi) is 2.46. The van der Waals surface area contributed by atoms with Gasteiger partial charge in [0.1, 0.15) is 11.7 Å². The van der Waals surface area contributed by atoms with Gasteiger partial charge in [0, 0.05) is 6.42 Å². The molecule has 0 aliphatic carbocycles. The third kappa shape index (κ3) is 1.52. The van der Waals surface area contributed by atoms with Gasteiger partial charge in [0.05, 0.1) is 6.61 Å². The van der Waals surface area contributed by atoms with Crippen molar-refractivity contribution in [2.75, 3.05) is 6.61 Å². The summed E-state index contributed by atoms with van der Waals surface area (Å²) in [6.45, 7) is 1.97. The number of nitrogens with two attached hydrogens (primary N) is 1. The lowest BCUT2D eigenvalue weighted by atomic mass is 9.93. The fraction of sp³-hybridized carbons (Fsp3) is 1.00. The van der Waals surface area contributed by atoms with Gasteiger partial charge in [-0.05, 0) is 6.92 Å². The van der Waals surface area contributed by atoms with E-state index in [9.17, 15) is 5.11 Å². The van der Waals surface area contributed by atoms with Crippen LogP contribution >= 0.6 is 0 Å². The Balaban J connectivity index is 2.64. The van der Waals surface area contributed by atoms with Gasteiger partial charge in [-0.15, -0.1) is 0 Å². The van der Waals surface area contributed by atoms with Crippen LogP contribution in [0.25, 0.3) is 0 Å². The minimum absolute atomic E-state index is 0.339. The summed E-state index contributed by atoms with van der Waals surface area (Å²) in [5, 5.41) is 18.4. The van der Waals surface area contributed by atoms with E-state index >= 15 is 0 Å². The summed E-state index contributed by atoms with van der Waals surface area (Å²) in [7, 11) is 0. The highest BCUT2D eigenvalue weighted by Crippen LogP contribution is 2.25. The molecule has 1 heterocycles. The van der Waals surface area contributed by atoms with Crippen LogP contribution in [0.15, 0.2) is 0 Å². The molecular weight excluding hydrogens is 150 g/mol. The van der Waals surface area contributed by atoms with Crippen LogP contribution in [0.4, 0.5) is 0 Å². The lowest BCUT2D eigenvalue weighted by Gasteiger charge is -2.38. The van der Waals surface area contributed by atoms with Gasteiger partial charge in [-0.1, -0.05) is 0 Å². The summed E-state index contributed by atoms with van der Waals surface area (Å²) in [4.78, 5) is 4.57. The minimum atomic E-state index is -1.20. The van der Waals surface area contributed by atoms with E-state index in [0.717, 1.165) is 0 Å². The summed E-state index contributed by atoms with van der Waals surface area (Å²) in [5.41, 5.74) is -0.891. The van der Waals surface area contributed by atoms with Gasteiger partial charge in [0.15, 0.2) is 6.29 Å². The first-order valence-corrected chi connectivity index (χ1v) is 3.46. The van der Waals surface area contributed by atoms with Crippen molar-refractivity contribution in [1.82, 2.24) is 0 Å². The van der Waals surface area contributed by atoms with Gasteiger partial charge in [-0.25, -0.2) is 5.90 Å². The first-order valence-electron chi connectivity index (χ1n) is 3.46. The van der Waals surface area contributed by atoms with Crippen molar-refractivity contribution < 1.29 is 19.8 Å². The van der Waals surface area contributed by atoms with Gasteiger partial charge >= 0.3 is 0 Å². The van der Waals surface area contributed by atoms with Crippen molar-refractivity contribution in [2.45, 2.75) is 31.3 Å². The Labute approximate surface area is 64.7 Å². The molecule has 0 aromatic carbocycles. The van der Waals surface area contributed by atoms with Gasteiger partial charge in [-0.2, -0.15) is 0 Å². The van der Waals surface area contributed by atoms with Crippen LogP contribution in [-0.4, -0.2) is 34.8 Å². The molecule has 1 aliphatic rings. The van der Waals surface area contributed by atoms with Gasteiger partial charge in [-0.3, -0.25) is 4.84 Å². The van der Waals surface area contributed by atoms with Crippen molar-refractivity contribution in [2.24, 2.45) is 5.90 Å². The zero-order valence-corrected chi connectivity index (χ0v) is 6.36. The predicted molar refractivity (Wildman–Crippen MR) is 36.3 cm³/mol. The van der Waals surface area contributed by atoms with E-state index in [1.807, 2.05) is 0 Å². The number of aliphatic hydroxyl groups excluding tert-OH is 2. The van der Waals surface area contributed by atoms with Gasteiger partial charge in [0.25, 0.3) is 0 Å². The number of rotatable bonds is 1. The van der Waals surface area contributed by atoms with Crippen LogP contribution < -0.4 is 5.90 Å². The average Bonchev–Trinajstić information content (AvgIpc) is 2.00. The SMILES string of the molecule is C[C@@]1(ON)CCO[C@H](O)[C@@H]1O. The second-order valence-corrected chi connectivity index (χ2v) is 2.89. The third-order valence-corrected chi connectivity index (χ3v) is 2.05. The van der Waals surface area contributed by atoms with E-state index < -0.39 is 18.0 Å². The molecule has 0 aromatic rings. The molecular formula is C6H13NO4. The summed E-state index contributed by atoms with van der Waals surface area (Å²) < 4.78 is 4.76. The van der Waals surface area contributed by atoms with E-state index in [-0.39, 0.29) is 0 Å². The first kappa shape index (κ1) is 8.89. The molecule has 1 aliphatic heterocycles. The standard InChI is InChI=1S/C6H13NO4/c1-6(11-7)2-3-10-5(9)4(6)8/h4-5,8-9H,2-3,7H2,1H3/t4-,5-,6+/m0/s1. The van der Waals surface area contributed by atoms with E-state index in [4.69, 9.17) is 15.7 Å². The quantitative estimate of drug-likeness (QED) is 0.420. The maximum absolute atomic E-state index is 9.32. The lowest BCUT2D eigenvalue weighted by molar-refractivity contribution is -0.264. The molecule has 3 atom stereocenters. The first-order chi connectivity index (χ1) is 5.10. The molecule has 0 bridgehead atoms. The molecule has 11 heavy (non-hydrogen) atoms. The molecule has 1 fully saturated rings. The molecule has 0 aromatic heterocycles. The van der Waals surface area contributed by atoms with Crippen LogP contribution in [0.2, 0.25) is 0 Å². The number of aliphatic hydroxyl groups is 2. The Morgan fingerprint density at radius 3 is 2.73 bits per heavy atom. The monoisotopic (exact) mass is 163 g/mol. The van der Waals surface area contributed by atoms with E-state index in [2.05, 4.69) is 4.84 Å². The number of hydrogen-bond acceptors (Lipinski definition) is 5. The van der Waals surface area contributed by atoms with Crippen LogP contribution in [-0.2, 0) is 9.57 Å². The lowest BCUT2D eigenvalue weighted by Crippen LogP contribution is -2.55. The van der Waals surface area contributed by atoms with Crippen molar-refractivity contribution in [3.8, 4) is 0 Å². The van der Waals surface area contributed by atoms with Gasteiger partial charge < -0.3 is 14.9 Å². The fourth-order valence-corrected chi connectivity index (χ4v) is 1.05. The highest BCUT2D eigenvalue weighted by Gasteiger charge is 2.42. The van der Waals surface area contributed by atoms with Crippen molar-refractivity contribution in [1.29, 1.82) is 0 Å². The van der Waals surface area contributed by atoms with E-state index in [1.54, 1.807) is 6.92 Å². The molecule has 1 rings (SSSR count). The molecule has 5 nitrogen and oxygen atoms in total. The summed E-state index contributed by atoms with van der Waals surface area (Å²) in [6, 6.07) is 0. The Hall–Kier alpha value is -0.200. The average molecular weight is 163 g/mol. The van der Waals surface area contributed by atoms with Crippen LogP contribution in [0.1, 0.15) is 13.3 Å². The van der Waals surface area contributed by atoms with Crippen molar-refractivity contribution in [3.05, 3.63) is 0 Å². The van der Waals surface area contributed by atoms with E-state index in [1.165, 1.54) is 0 Å². The molecule has 0 radical (unpaired) electrons. The van der Waals surface area contributed by atoms with Crippen LogP contribution in [0.5, 0.6) is 0 Å². The zero-order chi connectivity index (χ0) is 8.48. The third-order valence-electron chi connectivity index (χ3n) is 2.05. The van der Waals surface area contributed by atoms with E-state index in [0.29, 0.717) is 13.0 Å². The topological polar surface area (TPSA) is 84.9 Å². The highest BCUT2D eigenvalue weighted by atomic mass is 16.7. The Bertz CT molecular complexity index is 143. The molecule has 0 unspecified atom stereocenters. The summed E-state index contributed by atoms with van der Waals surface area (Å²) >= 11 is 0. The smallest absolute Gasteiger partial charge is 0.183 e. The predicted octanol–water partition coefficient (Wildman–Crippen LogP) is -1.27. The van der Waals surface area contributed by atoms with Crippen molar-refractivity contribution >= 4 is 0 Å². The summed E-state index contributed by atoms with van der Waals surface area (Å²) in [6.07, 6.45) is -1.81. The Morgan fingerprint density at radius 1 is 1.64 bits per heavy atom. The maximum atomic E-state index is 9.32. The zero-order valence-electron chi connectivity index (χ0n) is 6.36. The second kappa shape index (κ2) is 3.04. The normalized spacial score (nSPS) is 45.8.